The summed E-state index contributed by atoms with van der Waals surface area (Å²) in [5.74, 6) is -1.48. The van der Waals surface area contributed by atoms with Crippen LogP contribution in [-0.2, 0) is 4.79 Å². The quantitative estimate of drug-likeness (QED) is 0.887. The van der Waals surface area contributed by atoms with Gasteiger partial charge in [-0.05, 0) is 31.5 Å². The number of carboxylic acid groups (broad SMARTS) is 1. The third-order valence-electron chi connectivity index (χ3n) is 3.22. The van der Waals surface area contributed by atoms with Crippen LogP contribution in [0.2, 0.25) is 0 Å². The van der Waals surface area contributed by atoms with Gasteiger partial charge >= 0.3 is 5.97 Å². The van der Waals surface area contributed by atoms with Gasteiger partial charge in [0, 0.05) is 12.2 Å². The van der Waals surface area contributed by atoms with E-state index in [-0.39, 0.29) is 6.04 Å². The van der Waals surface area contributed by atoms with Crippen LogP contribution in [0.5, 0.6) is 0 Å². The van der Waals surface area contributed by atoms with Gasteiger partial charge in [0.25, 0.3) is 5.91 Å². The van der Waals surface area contributed by atoms with Gasteiger partial charge in [0.15, 0.2) is 6.04 Å². The number of aliphatic carboxylic acids is 1. The Morgan fingerprint density at radius 1 is 1.10 bits per heavy atom. The Labute approximate surface area is 123 Å². The number of amides is 1. The molecule has 0 aliphatic carbocycles. The molecule has 0 aliphatic heterocycles. The first-order valence-electron chi connectivity index (χ1n) is 6.76. The average molecular weight is 286 g/mol. The molecule has 5 nitrogen and oxygen atoms in total. The number of carboxylic acids is 1. The van der Waals surface area contributed by atoms with E-state index in [1.54, 1.807) is 53.2 Å². The number of carbonyl (C=O) groups is 2. The Morgan fingerprint density at radius 3 is 2.33 bits per heavy atom. The van der Waals surface area contributed by atoms with Crippen LogP contribution in [0, 0.1) is 0 Å². The zero-order valence-electron chi connectivity index (χ0n) is 12.0. The third-order valence-corrected chi connectivity index (χ3v) is 3.22. The molecule has 0 saturated carbocycles. The highest BCUT2D eigenvalue weighted by Gasteiger charge is 2.23. The number of benzene rings is 1. The zero-order chi connectivity index (χ0) is 15.4. The van der Waals surface area contributed by atoms with Gasteiger partial charge in [-0.2, -0.15) is 0 Å². The number of rotatable bonds is 5. The number of carbonyl (C=O) groups excluding carboxylic acids is 1. The topological polar surface area (TPSA) is 71.3 Å². The van der Waals surface area contributed by atoms with Gasteiger partial charge in [-0.3, -0.25) is 4.79 Å². The molecule has 0 radical (unpaired) electrons. The van der Waals surface area contributed by atoms with E-state index in [1.165, 1.54) is 0 Å². The van der Waals surface area contributed by atoms with E-state index in [0.717, 1.165) is 0 Å². The molecule has 110 valence electrons. The molecular weight excluding hydrogens is 268 g/mol. The molecule has 0 fully saturated rings. The highest BCUT2D eigenvalue weighted by atomic mass is 16.4. The lowest BCUT2D eigenvalue weighted by Crippen LogP contribution is -2.35. The van der Waals surface area contributed by atoms with Crippen molar-refractivity contribution in [2.24, 2.45) is 0 Å². The van der Waals surface area contributed by atoms with E-state index >= 15 is 0 Å². The number of nitrogens with zero attached hydrogens (tertiary/aromatic N) is 1. The van der Waals surface area contributed by atoms with Crippen molar-refractivity contribution in [1.29, 1.82) is 0 Å². The van der Waals surface area contributed by atoms with Gasteiger partial charge in [0.05, 0.1) is 0 Å². The summed E-state index contributed by atoms with van der Waals surface area (Å²) in [5.41, 5.74) is 0.994. The predicted molar refractivity (Wildman–Crippen MR) is 79.1 cm³/mol. The first-order chi connectivity index (χ1) is 10.0. The summed E-state index contributed by atoms with van der Waals surface area (Å²) >= 11 is 0. The smallest absolute Gasteiger partial charge is 0.330 e. The van der Waals surface area contributed by atoms with Crippen molar-refractivity contribution < 1.29 is 14.7 Å². The standard InChI is InChI=1S/C16H18N2O3/c1-11(2)18-10-6-9-13(18)15(19)17-14(16(20)21)12-7-4-3-5-8-12/h3-11,14H,1-2H3,(H,17,19)(H,20,21). The summed E-state index contributed by atoms with van der Waals surface area (Å²) in [4.78, 5) is 23.7. The SMILES string of the molecule is CC(C)n1cccc1C(=O)NC(C(=O)O)c1ccccc1. The molecule has 1 atom stereocenters. The molecule has 1 aromatic carbocycles. The number of nitrogens with one attached hydrogen (secondary N) is 1. The van der Waals surface area contributed by atoms with Gasteiger partial charge in [-0.25, -0.2) is 4.79 Å². The summed E-state index contributed by atoms with van der Waals surface area (Å²) in [6.07, 6.45) is 1.80. The predicted octanol–water partition coefficient (Wildman–Crippen LogP) is 2.62. The van der Waals surface area contributed by atoms with E-state index in [2.05, 4.69) is 5.32 Å². The van der Waals surface area contributed by atoms with E-state index in [1.807, 2.05) is 13.8 Å². The summed E-state index contributed by atoms with van der Waals surface area (Å²) < 4.78 is 1.80. The molecular formula is C16H18N2O3. The maximum Gasteiger partial charge on any atom is 0.330 e. The second kappa shape index (κ2) is 6.26. The fourth-order valence-corrected chi connectivity index (χ4v) is 2.17. The Morgan fingerprint density at radius 2 is 1.76 bits per heavy atom. The van der Waals surface area contributed by atoms with Crippen molar-refractivity contribution in [2.75, 3.05) is 0 Å². The van der Waals surface area contributed by atoms with Gasteiger partial charge in [-0.1, -0.05) is 30.3 Å². The van der Waals surface area contributed by atoms with Crippen LogP contribution in [-0.4, -0.2) is 21.6 Å². The van der Waals surface area contributed by atoms with Gasteiger partial charge in [0.1, 0.15) is 5.69 Å². The summed E-state index contributed by atoms with van der Waals surface area (Å²) in [7, 11) is 0. The summed E-state index contributed by atoms with van der Waals surface area (Å²) in [6.45, 7) is 3.92. The molecule has 1 heterocycles. The lowest BCUT2D eigenvalue weighted by Gasteiger charge is -2.17. The zero-order valence-corrected chi connectivity index (χ0v) is 12.0. The molecule has 0 saturated heterocycles. The largest absolute Gasteiger partial charge is 0.479 e. The van der Waals surface area contributed by atoms with Crippen LogP contribution in [0.3, 0.4) is 0 Å². The van der Waals surface area contributed by atoms with Gasteiger partial charge in [0.2, 0.25) is 0 Å². The first-order valence-corrected chi connectivity index (χ1v) is 6.76. The summed E-state index contributed by atoms with van der Waals surface area (Å²) in [6, 6.07) is 11.2. The number of aromatic nitrogens is 1. The minimum Gasteiger partial charge on any atom is -0.479 e. The number of hydrogen-bond acceptors (Lipinski definition) is 2. The molecule has 0 spiro atoms. The first kappa shape index (κ1) is 14.8. The third kappa shape index (κ3) is 3.31. The van der Waals surface area contributed by atoms with Crippen LogP contribution >= 0.6 is 0 Å². The molecule has 0 bridgehead atoms. The molecule has 1 unspecified atom stereocenters. The van der Waals surface area contributed by atoms with Gasteiger partial charge in [-0.15, -0.1) is 0 Å². The molecule has 0 aliphatic rings. The van der Waals surface area contributed by atoms with Crippen LogP contribution in [0.25, 0.3) is 0 Å². The molecule has 1 amide bonds. The van der Waals surface area contributed by atoms with Crippen molar-refractivity contribution in [2.45, 2.75) is 25.9 Å². The minimum absolute atomic E-state index is 0.126. The summed E-state index contributed by atoms with van der Waals surface area (Å²) in [5, 5.41) is 11.9. The van der Waals surface area contributed by atoms with Gasteiger partial charge < -0.3 is 15.0 Å². The molecule has 2 N–H and O–H groups in total. The normalized spacial score (nSPS) is 12.1. The van der Waals surface area contributed by atoms with Crippen molar-refractivity contribution >= 4 is 11.9 Å². The second-order valence-corrected chi connectivity index (χ2v) is 5.05. The average Bonchev–Trinajstić information content (AvgIpc) is 2.94. The van der Waals surface area contributed by atoms with Crippen LogP contribution < -0.4 is 5.32 Å². The van der Waals surface area contributed by atoms with E-state index in [0.29, 0.717) is 11.3 Å². The Kier molecular flexibility index (Phi) is 4.42. The maximum atomic E-state index is 12.3. The minimum atomic E-state index is -1.09. The van der Waals surface area contributed by atoms with Crippen molar-refractivity contribution in [3.8, 4) is 0 Å². The van der Waals surface area contributed by atoms with Crippen LogP contribution in [0.4, 0.5) is 0 Å². The Hall–Kier alpha value is -2.56. The fourth-order valence-electron chi connectivity index (χ4n) is 2.17. The van der Waals surface area contributed by atoms with E-state index in [9.17, 15) is 14.7 Å². The number of hydrogen-bond donors (Lipinski definition) is 2. The lowest BCUT2D eigenvalue weighted by molar-refractivity contribution is -0.139. The highest BCUT2D eigenvalue weighted by Crippen LogP contribution is 2.16. The molecule has 2 rings (SSSR count). The molecule has 5 heteroatoms. The van der Waals surface area contributed by atoms with Crippen molar-refractivity contribution in [3.05, 3.63) is 59.9 Å². The molecule has 1 aromatic heterocycles. The van der Waals surface area contributed by atoms with Crippen LogP contribution in [0.1, 0.15) is 42.0 Å². The lowest BCUT2D eigenvalue weighted by atomic mass is 10.1. The van der Waals surface area contributed by atoms with Crippen LogP contribution in [0.15, 0.2) is 48.7 Å². The molecule has 21 heavy (non-hydrogen) atoms. The Bertz CT molecular complexity index is 632. The second-order valence-electron chi connectivity index (χ2n) is 5.05. The van der Waals surface area contributed by atoms with Crippen molar-refractivity contribution in [3.63, 3.8) is 0 Å². The maximum absolute atomic E-state index is 12.3. The van der Waals surface area contributed by atoms with E-state index < -0.39 is 17.9 Å². The van der Waals surface area contributed by atoms with Crippen molar-refractivity contribution in [1.82, 2.24) is 9.88 Å². The van der Waals surface area contributed by atoms with E-state index in [4.69, 9.17) is 0 Å². The molecule has 2 aromatic rings. The monoisotopic (exact) mass is 286 g/mol. The highest BCUT2D eigenvalue weighted by molar-refractivity contribution is 5.95. The fraction of sp³-hybridized carbons (Fsp3) is 0.250. The Balaban J connectivity index is 2.24.